The molecule has 38 heavy (non-hydrogen) atoms. The topological polar surface area (TPSA) is 91.0 Å². The van der Waals surface area contributed by atoms with E-state index in [1.165, 1.54) is 6.07 Å². The molecule has 2 aliphatic rings. The number of hydrogen-bond donors (Lipinski definition) is 3. The van der Waals surface area contributed by atoms with Crippen LogP contribution in [0.25, 0.3) is 0 Å². The summed E-state index contributed by atoms with van der Waals surface area (Å²) in [5.74, 6) is -0.697. The molecule has 2 aromatic heterocycles. The normalized spacial score (nSPS) is 20.9. The van der Waals surface area contributed by atoms with Gasteiger partial charge in [-0.15, -0.1) is 0 Å². The lowest BCUT2D eigenvalue weighted by atomic mass is 9.79. The van der Waals surface area contributed by atoms with Gasteiger partial charge in [0.25, 0.3) is 0 Å². The summed E-state index contributed by atoms with van der Waals surface area (Å²) >= 11 is 0. The van der Waals surface area contributed by atoms with Crippen LogP contribution >= 0.6 is 0 Å². The summed E-state index contributed by atoms with van der Waals surface area (Å²) in [5, 5.41) is 11.9. The van der Waals surface area contributed by atoms with Crippen LogP contribution in [-0.2, 0) is 10.9 Å². The summed E-state index contributed by atoms with van der Waals surface area (Å²) < 4.78 is 61.3. The molecule has 204 valence electrons. The number of ether oxygens (including phenoxy) is 1. The van der Waals surface area contributed by atoms with Crippen molar-refractivity contribution in [2.45, 2.75) is 57.7 Å². The third-order valence-corrected chi connectivity index (χ3v) is 7.35. The Kier molecular flexibility index (Phi) is 7.53. The molecule has 1 saturated carbocycles. The molecule has 12 heteroatoms. The number of benzene rings is 1. The first kappa shape index (κ1) is 26.4. The highest BCUT2D eigenvalue weighted by molar-refractivity contribution is 5.62. The van der Waals surface area contributed by atoms with E-state index in [9.17, 15) is 13.2 Å². The smallest absolute Gasteiger partial charge is 0.379 e. The number of aromatic nitrogens is 4. The zero-order valence-corrected chi connectivity index (χ0v) is 21.3. The van der Waals surface area contributed by atoms with Crippen molar-refractivity contribution in [1.82, 2.24) is 25.1 Å². The Morgan fingerprint density at radius 3 is 2.42 bits per heavy atom. The van der Waals surface area contributed by atoms with Gasteiger partial charge < -0.3 is 15.4 Å². The molecule has 0 atom stereocenters. The molecule has 3 heterocycles. The fraction of sp³-hybridized carbons (Fsp3) is 0.500. The minimum Gasteiger partial charge on any atom is -0.379 e. The third-order valence-electron chi connectivity index (χ3n) is 7.35. The molecule has 5 rings (SSSR count). The van der Waals surface area contributed by atoms with Crippen molar-refractivity contribution in [2.24, 2.45) is 0 Å². The van der Waals surface area contributed by atoms with Gasteiger partial charge in [0.2, 0.25) is 5.95 Å². The van der Waals surface area contributed by atoms with Crippen molar-refractivity contribution >= 4 is 23.3 Å². The lowest BCUT2D eigenvalue weighted by Crippen LogP contribution is -2.44. The zero-order valence-electron chi connectivity index (χ0n) is 21.3. The molecule has 3 aromatic rings. The highest BCUT2D eigenvalue weighted by Crippen LogP contribution is 2.39. The molecular formula is C26H31F4N7O. The molecular weight excluding hydrogens is 502 g/mol. The number of rotatable bonds is 6. The fourth-order valence-electron chi connectivity index (χ4n) is 5.40. The van der Waals surface area contributed by atoms with Crippen molar-refractivity contribution in [3.05, 3.63) is 52.6 Å². The van der Waals surface area contributed by atoms with Gasteiger partial charge in [-0.1, -0.05) is 0 Å². The first-order valence-corrected chi connectivity index (χ1v) is 12.8. The van der Waals surface area contributed by atoms with E-state index in [0.29, 0.717) is 17.9 Å². The highest BCUT2D eigenvalue weighted by atomic mass is 19.4. The zero-order chi connectivity index (χ0) is 26.9. The van der Waals surface area contributed by atoms with E-state index in [-0.39, 0.29) is 23.4 Å². The minimum absolute atomic E-state index is 0.106. The number of aromatic amines is 1. The Bertz CT molecular complexity index is 1260. The average molecular weight is 534 g/mol. The molecule has 0 unspecified atom stereocenters. The maximum atomic E-state index is 15.2. The monoisotopic (exact) mass is 533 g/mol. The van der Waals surface area contributed by atoms with Gasteiger partial charge in [-0.25, -0.2) is 9.37 Å². The van der Waals surface area contributed by atoms with E-state index in [1.54, 1.807) is 19.1 Å². The maximum absolute atomic E-state index is 15.2. The van der Waals surface area contributed by atoms with Gasteiger partial charge in [0, 0.05) is 37.1 Å². The number of anilines is 4. The molecule has 1 saturated heterocycles. The van der Waals surface area contributed by atoms with E-state index >= 15 is 4.39 Å². The van der Waals surface area contributed by atoms with Gasteiger partial charge in [0.15, 0.2) is 5.82 Å². The van der Waals surface area contributed by atoms with Crippen LogP contribution in [0.5, 0.6) is 0 Å². The van der Waals surface area contributed by atoms with Crippen molar-refractivity contribution in [2.75, 3.05) is 36.9 Å². The van der Waals surface area contributed by atoms with Crippen LogP contribution < -0.4 is 10.6 Å². The SMILES string of the molecule is Cc1cc(Nc2nc(Nc3cc(C)c(C4CCC(N5CCOCC5)CC4)cc3F)ncc2C(F)(F)F)n[nH]1. The lowest BCUT2D eigenvalue weighted by Gasteiger charge is -2.39. The Morgan fingerprint density at radius 2 is 1.76 bits per heavy atom. The number of nitrogens with one attached hydrogen (secondary N) is 3. The first-order valence-electron chi connectivity index (χ1n) is 12.8. The molecule has 0 amide bonds. The third kappa shape index (κ3) is 5.91. The van der Waals surface area contributed by atoms with Crippen LogP contribution in [0.1, 0.15) is 54.0 Å². The van der Waals surface area contributed by atoms with E-state index in [2.05, 4.69) is 35.7 Å². The molecule has 3 N–H and O–H groups in total. The number of morpholine rings is 1. The first-order chi connectivity index (χ1) is 18.2. The summed E-state index contributed by atoms with van der Waals surface area (Å²) in [4.78, 5) is 10.3. The van der Waals surface area contributed by atoms with Gasteiger partial charge in [-0.2, -0.15) is 23.3 Å². The van der Waals surface area contributed by atoms with Crippen LogP contribution in [0.2, 0.25) is 0 Å². The molecule has 0 radical (unpaired) electrons. The predicted molar refractivity (Wildman–Crippen MR) is 135 cm³/mol. The van der Waals surface area contributed by atoms with Gasteiger partial charge in [-0.05, 0) is 68.7 Å². The van der Waals surface area contributed by atoms with E-state index in [0.717, 1.165) is 63.1 Å². The van der Waals surface area contributed by atoms with Gasteiger partial charge in [0.1, 0.15) is 17.2 Å². The highest BCUT2D eigenvalue weighted by Gasteiger charge is 2.36. The van der Waals surface area contributed by atoms with Crippen LogP contribution in [-0.4, -0.2) is 57.4 Å². The van der Waals surface area contributed by atoms with Crippen molar-refractivity contribution in [3.63, 3.8) is 0 Å². The van der Waals surface area contributed by atoms with E-state index in [1.807, 2.05) is 6.92 Å². The number of alkyl halides is 3. The molecule has 1 aliphatic heterocycles. The second-order valence-corrected chi connectivity index (χ2v) is 9.98. The fourth-order valence-corrected chi connectivity index (χ4v) is 5.40. The number of nitrogens with zero attached hydrogens (tertiary/aromatic N) is 4. The summed E-state index contributed by atoms with van der Waals surface area (Å²) in [6.45, 7) is 7.14. The Hall–Kier alpha value is -3.25. The summed E-state index contributed by atoms with van der Waals surface area (Å²) in [7, 11) is 0. The molecule has 0 spiro atoms. The summed E-state index contributed by atoms with van der Waals surface area (Å²) in [6.07, 6.45) is 0.0874. The van der Waals surface area contributed by atoms with Crippen molar-refractivity contribution in [1.29, 1.82) is 0 Å². The van der Waals surface area contributed by atoms with Gasteiger partial charge >= 0.3 is 6.18 Å². The molecule has 1 aliphatic carbocycles. The summed E-state index contributed by atoms with van der Waals surface area (Å²) in [6, 6.07) is 5.30. The van der Waals surface area contributed by atoms with E-state index in [4.69, 9.17) is 4.74 Å². The quantitative estimate of drug-likeness (QED) is 0.344. The van der Waals surface area contributed by atoms with Crippen LogP contribution in [0.3, 0.4) is 0 Å². The lowest BCUT2D eigenvalue weighted by molar-refractivity contribution is -0.137. The summed E-state index contributed by atoms with van der Waals surface area (Å²) in [5.41, 5.74) is 1.61. The number of hydrogen-bond acceptors (Lipinski definition) is 7. The Labute approximate surface area is 218 Å². The minimum atomic E-state index is -4.68. The maximum Gasteiger partial charge on any atom is 0.421 e. The van der Waals surface area contributed by atoms with E-state index < -0.39 is 23.4 Å². The number of aryl methyl sites for hydroxylation is 2. The van der Waals surface area contributed by atoms with Crippen LogP contribution in [0.15, 0.2) is 24.4 Å². The Morgan fingerprint density at radius 1 is 1.03 bits per heavy atom. The van der Waals surface area contributed by atoms with Crippen molar-refractivity contribution < 1.29 is 22.3 Å². The predicted octanol–water partition coefficient (Wildman–Crippen LogP) is 5.82. The number of H-pyrrole nitrogens is 1. The average Bonchev–Trinajstić information content (AvgIpc) is 3.30. The van der Waals surface area contributed by atoms with Crippen molar-refractivity contribution in [3.8, 4) is 0 Å². The standard InChI is InChI=1S/C26H31F4N7O/c1-15-11-22(21(27)13-19(15)17-3-5-18(6-4-17)37-7-9-38-10-8-37)32-25-31-14-20(26(28,29)30)24(34-25)33-23-12-16(2)35-36-23/h11-14,17-18H,3-10H2,1-2H3,(H3,31,32,33,34,35,36). The largest absolute Gasteiger partial charge is 0.421 e. The second-order valence-electron chi connectivity index (χ2n) is 9.98. The molecule has 1 aromatic carbocycles. The second kappa shape index (κ2) is 10.9. The molecule has 8 nitrogen and oxygen atoms in total. The van der Waals surface area contributed by atoms with Gasteiger partial charge in [0.05, 0.1) is 18.9 Å². The van der Waals surface area contributed by atoms with Crippen LogP contribution in [0, 0.1) is 19.7 Å². The number of halogens is 4. The van der Waals surface area contributed by atoms with Gasteiger partial charge in [-0.3, -0.25) is 10.00 Å². The Balaban J connectivity index is 1.31. The van der Waals surface area contributed by atoms with Crippen LogP contribution in [0.4, 0.5) is 40.8 Å². The molecule has 0 bridgehead atoms. The molecule has 2 fully saturated rings.